The van der Waals surface area contributed by atoms with Gasteiger partial charge in [-0.3, -0.25) is 0 Å². The van der Waals surface area contributed by atoms with Crippen LogP contribution in [0.3, 0.4) is 0 Å². The number of rotatable bonds is 9. The number of unbranched alkanes of at least 4 members (excludes halogenated alkanes) is 1. The van der Waals surface area contributed by atoms with Crippen LogP contribution in [-0.4, -0.2) is 32.9 Å². The summed E-state index contributed by atoms with van der Waals surface area (Å²) in [6.45, 7) is 3.78. The van der Waals surface area contributed by atoms with Gasteiger partial charge in [-0.25, -0.2) is 4.98 Å². The summed E-state index contributed by atoms with van der Waals surface area (Å²) in [6, 6.07) is 11.9. The third-order valence-electron chi connectivity index (χ3n) is 4.48. The summed E-state index contributed by atoms with van der Waals surface area (Å²) in [5, 5.41) is 25.6. The van der Waals surface area contributed by atoms with Crippen molar-refractivity contribution < 1.29 is 9.63 Å². The molecule has 0 amide bonds. The molecule has 2 N–H and O–H groups in total. The van der Waals surface area contributed by atoms with Crippen LogP contribution in [0.15, 0.2) is 47.2 Å². The van der Waals surface area contributed by atoms with Gasteiger partial charge in [-0.1, -0.05) is 17.0 Å². The summed E-state index contributed by atoms with van der Waals surface area (Å²) in [5.74, 6) is 7.63. The summed E-state index contributed by atoms with van der Waals surface area (Å²) in [6.07, 6.45) is 5.15. The Balaban J connectivity index is 1.53. The van der Waals surface area contributed by atoms with Crippen molar-refractivity contribution in [2.24, 2.45) is 0 Å². The molecular formula is C23H25N5O2. The molecule has 0 radical (unpaired) electrons. The highest BCUT2D eigenvalue weighted by molar-refractivity contribution is 5.59. The van der Waals surface area contributed by atoms with Crippen LogP contribution in [0.1, 0.15) is 49.4 Å². The lowest BCUT2D eigenvalue weighted by molar-refractivity contribution is 0.184. The van der Waals surface area contributed by atoms with E-state index in [2.05, 4.69) is 33.4 Å². The van der Waals surface area contributed by atoms with Gasteiger partial charge in [0.1, 0.15) is 17.6 Å². The molecule has 1 aromatic carbocycles. The predicted molar refractivity (Wildman–Crippen MR) is 113 cm³/mol. The minimum atomic E-state index is -0.639. The lowest BCUT2D eigenvalue weighted by Crippen LogP contribution is -2.15. The molecule has 0 fully saturated rings. The van der Waals surface area contributed by atoms with Gasteiger partial charge in [-0.05, 0) is 44.2 Å². The molecule has 0 spiro atoms. The van der Waals surface area contributed by atoms with E-state index < -0.39 is 6.10 Å². The molecule has 30 heavy (non-hydrogen) atoms. The Labute approximate surface area is 176 Å². The van der Waals surface area contributed by atoms with Crippen molar-refractivity contribution in [1.82, 2.24) is 20.0 Å². The Bertz CT molecular complexity index is 1030. The molecule has 7 nitrogen and oxygen atoms in total. The maximum atomic E-state index is 9.76. The average molecular weight is 403 g/mol. The number of hydrogen-bond donors (Lipinski definition) is 2. The maximum absolute atomic E-state index is 9.76. The predicted octanol–water partition coefficient (Wildman–Crippen LogP) is 3.27. The fraction of sp³-hybridized carbons (Fsp3) is 0.348. The van der Waals surface area contributed by atoms with Crippen molar-refractivity contribution in [1.29, 1.82) is 5.26 Å². The molecular weight excluding hydrogens is 378 g/mol. The van der Waals surface area contributed by atoms with Crippen molar-refractivity contribution in [2.45, 2.75) is 38.8 Å². The monoisotopic (exact) mass is 403 g/mol. The van der Waals surface area contributed by atoms with Crippen molar-refractivity contribution in [3.63, 3.8) is 0 Å². The van der Waals surface area contributed by atoms with Gasteiger partial charge in [0, 0.05) is 49.0 Å². The molecule has 2 aromatic heterocycles. The molecule has 154 valence electrons. The van der Waals surface area contributed by atoms with Gasteiger partial charge < -0.3 is 19.5 Å². The van der Waals surface area contributed by atoms with E-state index in [0.717, 1.165) is 42.8 Å². The topological polar surface area (TPSA) is 99.9 Å². The number of benzene rings is 1. The molecule has 0 aliphatic rings. The lowest BCUT2D eigenvalue weighted by Gasteiger charge is -2.07. The molecule has 2 heterocycles. The fourth-order valence-corrected chi connectivity index (χ4v) is 2.97. The summed E-state index contributed by atoms with van der Waals surface area (Å²) in [4.78, 5) is 4.17. The number of hydrogen-bond acceptors (Lipinski definition) is 6. The SMILES string of the molecule is C[C@H](O)c1nccn1Cc1cc(-c2ccc(C#CCCCNCCC#N)cc2)on1. The Morgan fingerprint density at radius 2 is 2.07 bits per heavy atom. The Kier molecular flexibility index (Phi) is 7.79. The smallest absolute Gasteiger partial charge is 0.167 e. The van der Waals surface area contributed by atoms with Crippen LogP contribution in [0, 0.1) is 23.2 Å². The number of aliphatic hydroxyl groups is 1. The van der Waals surface area contributed by atoms with E-state index in [1.165, 1.54) is 0 Å². The van der Waals surface area contributed by atoms with Gasteiger partial charge in [0.25, 0.3) is 0 Å². The highest BCUT2D eigenvalue weighted by Gasteiger charge is 2.12. The molecule has 1 atom stereocenters. The van der Waals surface area contributed by atoms with E-state index in [1.54, 1.807) is 13.1 Å². The average Bonchev–Trinajstić information content (AvgIpc) is 3.40. The number of nitriles is 1. The van der Waals surface area contributed by atoms with E-state index >= 15 is 0 Å². The molecule has 7 heteroatoms. The fourth-order valence-electron chi connectivity index (χ4n) is 2.97. The first kappa shape index (κ1) is 21.3. The first-order valence-corrected chi connectivity index (χ1v) is 9.99. The number of nitrogens with zero attached hydrogens (tertiary/aromatic N) is 4. The zero-order valence-electron chi connectivity index (χ0n) is 17.0. The zero-order valence-corrected chi connectivity index (χ0v) is 17.0. The van der Waals surface area contributed by atoms with Crippen molar-refractivity contribution >= 4 is 0 Å². The minimum Gasteiger partial charge on any atom is -0.385 e. The van der Waals surface area contributed by atoms with E-state index in [-0.39, 0.29) is 0 Å². The Hall–Kier alpha value is -3.39. The molecule has 3 rings (SSSR count). The highest BCUT2D eigenvalue weighted by Crippen LogP contribution is 2.22. The number of imidazole rings is 1. The molecule has 0 unspecified atom stereocenters. The zero-order chi connectivity index (χ0) is 21.2. The van der Waals surface area contributed by atoms with Gasteiger partial charge >= 0.3 is 0 Å². The molecule has 0 saturated heterocycles. The van der Waals surface area contributed by atoms with E-state index in [0.29, 0.717) is 24.6 Å². The van der Waals surface area contributed by atoms with Crippen LogP contribution in [-0.2, 0) is 6.54 Å². The summed E-state index contributed by atoms with van der Waals surface area (Å²) >= 11 is 0. The summed E-state index contributed by atoms with van der Waals surface area (Å²) < 4.78 is 7.33. The third kappa shape index (κ3) is 6.05. The van der Waals surface area contributed by atoms with Crippen molar-refractivity contribution in [3.8, 4) is 29.2 Å². The Morgan fingerprint density at radius 1 is 1.23 bits per heavy atom. The molecule has 0 bridgehead atoms. The standard InChI is InChI=1S/C23H25N5O2/c1-18(29)23-26-14-15-28(23)17-21-16-22(30-27-21)20-9-7-19(8-10-20)6-3-2-4-12-25-13-5-11-24/h7-10,14-16,18,25,29H,2,4-5,12-13,17H2,1H3/t18-/m0/s1. The first-order chi connectivity index (χ1) is 14.7. The summed E-state index contributed by atoms with van der Waals surface area (Å²) in [5.41, 5.74) is 2.65. The van der Waals surface area contributed by atoms with Crippen LogP contribution < -0.4 is 5.32 Å². The normalized spacial score (nSPS) is 11.5. The first-order valence-electron chi connectivity index (χ1n) is 9.99. The second kappa shape index (κ2) is 11.0. The van der Waals surface area contributed by atoms with Crippen LogP contribution >= 0.6 is 0 Å². The summed E-state index contributed by atoms with van der Waals surface area (Å²) in [7, 11) is 0. The second-order valence-electron chi connectivity index (χ2n) is 6.91. The minimum absolute atomic E-state index is 0.485. The molecule has 0 aliphatic heterocycles. The van der Waals surface area contributed by atoms with Crippen LogP contribution in [0.25, 0.3) is 11.3 Å². The van der Waals surface area contributed by atoms with E-state index in [9.17, 15) is 5.11 Å². The number of aromatic nitrogens is 3. The van der Waals surface area contributed by atoms with Gasteiger partial charge in [0.15, 0.2) is 5.76 Å². The molecule has 0 saturated carbocycles. The van der Waals surface area contributed by atoms with Gasteiger partial charge in [-0.2, -0.15) is 5.26 Å². The highest BCUT2D eigenvalue weighted by atomic mass is 16.5. The molecule has 0 aliphatic carbocycles. The van der Waals surface area contributed by atoms with E-state index in [4.69, 9.17) is 9.78 Å². The third-order valence-corrected chi connectivity index (χ3v) is 4.48. The molecule has 3 aromatic rings. The van der Waals surface area contributed by atoms with Crippen LogP contribution in [0.4, 0.5) is 0 Å². The Morgan fingerprint density at radius 3 is 2.83 bits per heavy atom. The van der Waals surface area contributed by atoms with E-state index in [1.807, 2.05) is 41.1 Å². The van der Waals surface area contributed by atoms with Crippen molar-refractivity contribution in [3.05, 3.63) is 59.8 Å². The second-order valence-corrected chi connectivity index (χ2v) is 6.91. The number of nitrogens with one attached hydrogen (secondary N) is 1. The maximum Gasteiger partial charge on any atom is 0.167 e. The lowest BCUT2D eigenvalue weighted by atomic mass is 10.1. The quantitative estimate of drug-likeness (QED) is 0.420. The van der Waals surface area contributed by atoms with Gasteiger partial charge in [0.2, 0.25) is 0 Å². The van der Waals surface area contributed by atoms with Crippen LogP contribution in [0.5, 0.6) is 0 Å². The van der Waals surface area contributed by atoms with Gasteiger partial charge in [0.05, 0.1) is 12.6 Å². The number of aliphatic hydroxyl groups excluding tert-OH is 1. The van der Waals surface area contributed by atoms with Gasteiger partial charge in [-0.15, -0.1) is 0 Å². The largest absolute Gasteiger partial charge is 0.385 e. The van der Waals surface area contributed by atoms with Crippen LogP contribution in [0.2, 0.25) is 0 Å². The van der Waals surface area contributed by atoms with Crippen molar-refractivity contribution in [2.75, 3.05) is 13.1 Å².